The molecule has 11 heavy (non-hydrogen) atoms. The highest BCUT2D eigenvalue weighted by molar-refractivity contribution is 5.78. The lowest BCUT2D eigenvalue weighted by atomic mass is 10.2. The van der Waals surface area contributed by atoms with Gasteiger partial charge in [-0.05, 0) is 6.42 Å². The molecule has 1 atom stereocenters. The first-order valence-electron chi connectivity index (χ1n) is 3.90. The van der Waals surface area contributed by atoms with Crippen molar-refractivity contribution in [1.82, 2.24) is 4.90 Å². The monoisotopic (exact) mass is 158 g/mol. The number of carbonyl (C=O) groups is 1. The van der Waals surface area contributed by atoms with E-state index in [-0.39, 0.29) is 18.6 Å². The average molecular weight is 158 g/mol. The number of aliphatic hydroxyl groups excluding tert-OH is 1. The lowest BCUT2D eigenvalue weighted by molar-refractivity contribution is -0.129. The molecule has 0 saturated carbocycles. The van der Waals surface area contributed by atoms with E-state index in [2.05, 4.69) is 0 Å². The third-order valence-electron chi connectivity index (χ3n) is 2.07. The maximum absolute atomic E-state index is 11.1. The molecule has 64 valence electrons. The molecular formula is C7H14N2O2. The quantitative estimate of drug-likeness (QED) is 0.549. The van der Waals surface area contributed by atoms with Crippen LogP contribution in [0.3, 0.4) is 0 Å². The zero-order chi connectivity index (χ0) is 8.27. The van der Waals surface area contributed by atoms with Crippen LogP contribution in [-0.2, 0) is 4.79 Å². The maximum atomic E-state index is 11.1. The first-order valence-corrected chi connectivity index (χ1v) is 3.90. The Morgan fingerprint density at radius 1 is 1.73 bits per heavy atom. The summed E-state index contributed by atoms with van der Waals surface area (Å²) in [7, 11) is 0. The van der Waals surface area contributed by atoms with E-state index in [4.69, 9.17) is 10.8 Å². The summed E-state index contributed by atoms with van der Waals surface area (Å²) in [5.74, 6) is 0.120. The Hall–Kier alpha value is -0.610. The van der Waals surface area contributed by atoms with Gasteiger partial charge >= 0.3 is 0 Å². The number of hydrogen-bond donors (Lipinski definition) is 2. The van der Waals surface area contributed by atoms with Gasteiger partial charge in [-0.1, -0.05) is 0 Å². The average Bonchev–Trinajstić information content (AvgIpc) is 2.34. The van der Waals surface area contributed by atoms with E-state index in [1.165, 1.54) is 0 Å². The summed E-state index contributed by atoms with van der Waals surface area (Å²) in [6.45, 7) is 0.967. The molecule has 0 aliphatic carbocycles. The van der Waals surface area contributed by atoms with Crippen LogP contribution in [0, 0.1) is 0 Å². The number of nitrogens with two attached hydrogens (primary N) is 1. The van der Waals surface area contributed by atoms with E-state index >= 15 is 0 Å². The van der Waals surface area contributed by atoms with Crippen LogP contribution in [0.5, 0.6) is 0 Å². The van der Waals surface area contributed by atoms with Crippen LogP contribution in [-0.4, -0.2) is 41.7 Å². The topological polar surface area (TPSA) is 66.6 Å². The van der Waals surface area contributed by atoms with Crippen molar-refractivity contribution in [2.75, 3.05) is 19.7 Å². The van der Waals surface area contributed by atoms with Gasteiger partial charge in [0.15, 0.2) is 0 Å². The van der Waals surface area contributed by atoms with Gasteiger partial charge in [-0.3, -0.25) is 4.79 Å². The standard InChI is InChI=1S/C7H14N2O2/c8-5-6-1-2-7(11)9(6)3-4-10/h6,10H,1-5,8H2/t6-/m1/s1. The Labute approximate surface area is 66.0 Å². The number of likely N-dealkylation sites (tertiary alicyclic amines) is 1. The second-order valence-corrected chi connectivity index (χ2v) is 2.74. The molecule has 4 nitrogen and oxygen atoms in total. The van der Waals surface area contributed by atoms with E-state index in [1.807, 2.05) is 0 Å². The molecule has 1 aliphatic heterocycles. The van der Waals surface area contributed by atoms with Gasteiger partial charge in [-0.25, -0.2) is 0 Å². The molecule has 1 fully saturated rings. The summed E-state index contributed by atoms with van der Waals surface area (Å²) < 4.78 is 0. The van der Waals surface area contributed by atoms with Crippen molar-refractivity contribution in [2.24, 2.45) is 5.73 Å². The largest absolute Gasteiger partial charge is 0.395 e. The van der Waals surface area contributed by atoms with Gasteiger partial charge in [-0.15, -0.1) is 0 Å². The number of rotatable bonds is 3. The predicted molar refractivity (Wildman–Crippen MR) is 40.9 cm³/mol. The van der Waals surface area contributed by atoms with Crippen molar-refractivity contribution < 1.29 is 9.90 Å². The van der Waals surface area contributed by atoms with E-state index in [1.54, 1.807) is 4.90 Å². The highest BCUT2D eigenvalue weighted by Gasteiger charge is 2.28. The Kier molecular flexibility index (Phi) is 2.84. The van der Waals surface area contributed by atoms with Gasteiger partial charge in [0.25, 0.3) is 0 Å². The van der Waals surface area contributed by atoms with Crippen molar-refractivity contribution in [3.05, 3.63) is 0 Å². The molecule has 4 heteroatoms. The Morgan fingerprint density at radius 2 is 2.45 bits per heavy atom. The normalized spacial score (nSPS) is 24.7. The number of hydrogen-bond acceptors (Lipinski definition) is 3. The first-order chi connectivity index (χ1) is 5.29. The van der Waals surface area contributed by atoms with E-state index < -0.39 is 0 Å². The zero-order valence-corrected chi connectivity index (χ0v) is 6.49. The van der Waals surface area contributed by atoms with Crippen LogP contribution in [0.15, 0.2) is 0 Å². The number of aliphatic hydroxyl groups is 1. The molecule has 1 rings (SSSR count). The molecule has 0 aromatic carbocycles. The number of amides is 1. The third-order valence-corrected chi connectivity index (χ3v) is 2.07. The van der Waals surface area contributed by atoms with Gasteiger partial charge in [-0.2, -0.15) is 0 Å². The van der Waals surface area contributed by atoms with Gasteiger partial charge in [0.2, 0.25) is 5.91 Å². The Bertz CT molecular complexity index is 149. The van der Waals surface area contributed by atoms with Crippen LogP contribution in [0.1, 0.15) is 12.8 Å². The molecule has 3 N–H and O–H groups in total. The molecule has 0 unspecified atom stereocenters. The second-order valence-electron chi connectivity index (χ2n) is 2.74. The maximum Gasteiger partial charge on any atom is 0.223 e. The summed E-state index contributed by atoms with van der Waals surface area (Å²) in [6.07, 6.45) is 1.43. The lowest BCUT2D eigenvalue weighted by Gasteiger charge is -2.22. The smallest absolute Gasteiger partial charge is 0.223 e. The van der Waals surface area contributed by atoms with Gasteiger partial charge in [0, 0.05) is 25.6 Å². The highest BCUT2D eigenvalue weighted by atomic mass is 16.3. The predicted octanol–water partition coefficient (Wildman–Crippen LogP) is -1.07. The summed E-state index contributed by atoms with van der Waals surface area (Å²) in [5.41, 5.74) is 5.44. The van der Waals surface area contributed by atoms with Crippen LogP contribution in [0.25, 0.3) is 0 Å². The molecule has 1 heterocycles. The fraction of sp³-hybridized carbons (Fsp3) is 0.857. The highest BCUT2D eigenvalue weighted by Crippen LogP contribution is 2.16. The van der Waals surface area contributed by atoms with Crippen molar-refractivity contribution in [3.63, 3.8) is 0 Å². The fourth-order valence-electron chi connectivity index (χ4n) is 1.45. The van der Waals surface area contributed by atoms with Crippen molar-refractivity contribution >= 4 is 5.91 Å². The molecule has 1 saturated heterocycles. The fourth-order valence-corrected chi connectivity index (χ4v) is 1.45. The van der Waals surface area contributed by atoms with Crippen molar-refractivity contribution in [3.8, 4) is 0 Å². The summed E-state index contributed by atoms with van der Waals surface area (Å²) in [5, 5.41) is 8.62. The number of β-amino-alcohol motifs (C(OH)–C–C–N with tert-alkyl or cyclic N) is 1. The van der Waals surface area contributed by atoms with Crippen LogP contribution in [0.4, 0.5) is 0 Å². The van der Waals surface area contributed by atoms with E-state index in [0.717, 1.165) is 6.42 Å². The summed E-state index contributed by atoms with van der Waals surface area (Å²) in [4.78, 5) is 12.8. The Morgan fingerprint density at radius 3 is 3.00 bits per heavy atom. The van der Waals surface area contributed by atoms with Crippen LogP contribution < -0.4 is 5.73 Å². The van der Waals surface area contributed by atoms with Gasteiger partial charge < -0.3 is 15.7 Å². The molecule has 0 aromatic rings. The van der Waals surface area contributed by atoms with Crippen molar-refractivity contribution in [1.29, 1.82) is 0 Å². The number of nitrogens with zero attached hydrogens (tertiary/aromatic N) is 1. The molecule has 0 aromatic heterocycles. The second kappa shape index (κ2) is 3.69. The molecule has 0 spiro atoms. The Balaban J connectivity index is 2.49. The minimum Gasteiger partial charge on any atom is -0.395 e. The first kappa shape index (κ1) is 8.49. The minimum absolute atomic E-state index is 0.0300. The van der Waals surface area contributed by atoms with Crippen LogP contribution in [0.2, 0.25) is 0 Å². The molecule has 1 aliphatic rings. The molecule has 0 bridgehead atoms. The zero-order valence-electron chi connectivity index (χ0n) is 6.49. The SMILES string of the molecule is NC[C@H]1CCC(=O)N1CCO. The third kappa shape index (κ3) is 1.70. The van der Waals surface area contributed by atoms with Crippen LogP contribution >= 0.6 is 0 Å². The molecular weight excluding hydrogens is 144 g/mol. The summed E-state index contributed by atoms with van der Waals surface area (Å²) in [6, 6.07) is 0.162. The molecule has 1 amide bonds. The van der Waals surface area contributed by atoms with Gasteiger partial charge in [0.05, 0.1) is 6.61 Å². The van der Waals surface area contributed by atoms with E-state index in [0.29, 0.717) is 19.5 Å². The lowest BCUT2D eigenvalue weighted by Crippen LogP contribution is -2.39. The number of carbonyl (C=O) groups excluding carboxylic acids is 1. The van der Waals surface area contributed by atoms with Gasteiger partial charge in [0.1, 0.15) is 0 Å². The van der Waals surface area contributed by atoms with E-state index in [9.17, 15) is 4.79 Å². The van der Waals surface area contributed by atoms with Crippen molar-refractivity contribution in [2.45, 2.75) is 18.9 Å². The minimum atomic E-state index is 0.0300. The summed E-state index contributed by atoms with van der Waals surface area (Å²) >= 11 is 0. The molecule has 0 radical (unpaired) electrons.